The smallest absolute Gasteiger partial charge is 0.184 e. The molecule has 1 aromatic carbocycles. The summed E-state index contributed by atoms with van der Waals surface area (Å²) >= 11 is 7.64. The predicted octanol–water partition coefficient (Wildman–Crippen LogP) is 4.94. The highest BCUT2D eigenvalue weighted by Gasteiger charge is 2.20. The Bertz CT molecular complexity index is 517. The second kappa shape index (κ2) is 4.83. The summed E-state index contributed by atoms with van der Waals surface area (Å²) in [7, 11) is 0. The molecule has 0 aliphatic rings. The number of hydrogen-bond acceptors (Lipinski definition) is 3. The zero-order valence-corrected chi connectivity index (χ0v) is 12.0. The highest BCUT2D eigenvalue weighted by Crippen LogP contribution is 2.31. The van der Waals surface area contributed by atoms with E-state index in [1.54, 1.807) is 11.3 Å². The summed E-state index contributed by atoms with van der Waals surface area (Å²) < 4.78 is 1.13. The summed E-state index contributed by atoms with van der Waals surface area (Å²) in [5.41, 5.74) is 1.13. The Morgan fingerprint density at radius 3 is 2.71 bits per heavy atom. The summed E-state index contributed by atoms with van der Waals surface area (Å²) in [6.07, 6.45) is 2.17. The van der Waals surface area contributed by atoms with Crippen molar-refractivity contribution >= 4 is 38.3 Å². The quantitative estimate of drug-likeness (QED) is 0.849. The maximum atomic E-state index is 5.97. The van der Waals surface area contributed by atoms with Crippen LogP contribution in [0.15, 0.2) is 18.2 Å². The van der Waals surface area contributed by atoms with Crippen LogP contribution in [0.3, 0.4) is 0 Å². The van der Waals surface area contributed by atoms with E-state index in [2.05, 4.69) is 31.1 Å². The van der Waals surface area contributed by atoms with Crippen molar-refractivity contribution in [3.05, 3.63) is 23.2 Å². The molecule has 1 aromatic heterocycles. The van der Waals surface area contributed by atoms with Gasteiger partial charge in [-0.25, -0.2) is 4.98 Å². The number of fused-ring (bicyclic) bond motifs is 1. The number of rotatable bonds is 4. The third kappa shape index (κ3) is 2.72. The van der Waals surface area contributed by atoms with Crippen molar-refractivity contribution in [3.63, 3.8) is 0 Å². The molecule has 2 rings (SSSR count). The lowest BCUT2D eigenvalue weighted by Gasteiger charge is -2.27. The van der Waals surface area contributed by atoms with Crippen LogP contribution < -0.4 is 5.32 Å². The highest BCUT2D eigenvalue weighted by molar-refractivity contribution is 7.22. The summed E-state index contributed by atoms with van der Waals surface area (Å²) in [5.74, 6) is 0. The second-order valence-corrected chi connectivity index (χ2v) is 5.99. The van der Waals surface area contributed by atoms with Crippen LogP contribution in [0.25, 0.3) is 10.2 Å². The van der Waals surface area contributed by atoms with E-state index in [0.717, 1.165) is 33.2 Å². The SMILES string of the molecule is CCC(C)(CC)Nc1nc2ccc(Cl)cc2s1. The molecule has 1 N–H and O–H groups in total. The molecule has 0 fully saturated rings. The minimum absolute atomic E-state index is 0.123. The lowest BCUT2D eigenvalue weighted by molar-refractivity contribution is 0.478. The van der Waals surface area contributed by atoms with Crippen molar-refractivity contribution in [2.45, 2.75) is 39.2 Å². The summed E-state index contributed by atoms with van der Waals surface area (Å²) in [5, 5.41) is 5.27. The highest BCUT2D eigenvalue weighted by atomic mass is 35.5. The van der Waals surface area contributed by atoms with Crippen LogP contribution in [-0.4, -0.2) is 10.5 Å². The maximum Gasteiger partial charge on any atom is 0.184 e. The van der Waals surface area contributed by atoms with Gasteiger partial charge in [0.2, 0.25) is 0 Å². The van der Waals surface area contributed by atoms with E-state index in [1.807, 2.05) is 18.2 Å². The number of benzene rings is 1. The molecule has 0 unspecified atom stereocenters. The van der Waals surface area contributed by atoms with Crippen molar-refractivity contribution in [1.82, 2.24) is 4.98 Å². The van der Waals surface area contributed by atoms with Crippen LogP contribution in [-0.2, 0) is 0 Å². The topological polar surface area (TPSA) is 24.9 Å². The molecule has 0 amide bonds. The third-order valence-corrected chi connectivity index (χ3v) is 4.49. The Morgan fingerprint density at radius 1 is 1.35 bits per heavy atom. The molecular formula is C13H17ClN2S. The average molecular weight is 269 g/mol. The molecule has 0 spiro atoms. The Kier molecular flexibility index (Phi) is 3.59. The summed E-state index contributed by atoms with van der Waals surface area (Å²) in [6.45, 7) is 6.62. The first-order chi connectivity index (χ1) is 8.06. The fraction of sp³-hybridized carbons (Fsp3) is 0.462. The van der Waals surface area contributed by atoms with Gasteiger partial charge >= 0.3 is 0 Å². The van der Waals surface area contributed by atoms with Gasteiger partial charge in [-0.3, -0.25) is 0 Å². The zero-order chi connectivity index (χ0) is 12.5. The van der Waals surface area contributed by atoms with Crippen molar-refractivity contribution in [2.75, 3.05) is 5.32 Å². The van der Waals surface area contributed by atoms with E-state index >= 15 is 0 Å². The van der Waals surface area contributed by atoms with Crippen LogP contribution in [0.1, 0.15) is 33.6 Å². The molecule has 0 bridgehead atoms. The summed E-state index contributed by atoms with van der Waals surface area (Å²) in [6, 6.07) is 5.82. The number of nitrogens with one attached hydrogen (secondary N) is 1. The Morgan fingerprint density at radius 2 is 2.06 bits per heavy atom. The van der Waals surface area contributed by atoms with Gasteiger partial charge in [0.15, 0.2) is 5.13 Å². The van der Waals surface area contributed by atoms with E-state index in [9.17, 15) is 0 Å². The van der Waals surface area contributed by atoms with Crippen LogP contribution in [0.2, 0.25) is 5.02 Å². The first-order valence-corrected chi connectivity index (χ1v) is 7.10. The molecule has 0 aliphatic heterocycles. The van der Waals surface area contributed by atoms with E-state index in [0.29, 0.717) is 0 Å². The number of anilines is 1. The van der Waals surface area contributed by atoms with Gasteiger partial charge in [-0.2, -0.15) is 0 Å². The average Bonchev–Trinajstić information content (AvgIpc) is 2.70. The van der Waals surface area contributed by atoms with Crippen molar-refractivity contribution in [1.29, 1.82) is 0 Å². The lowest BCUT2D eigenvalue weighted by atomic mass is 9.96. The Labute approximate surface area is 111 Å². The molecule has 0 saturated heterocycles. The monoisotopic (exact) mass is 268 g/mol. The molecule has 2 aromatic rings. The van der Waals surface area contributed by atoms with E-state index in [-0.39, 0.29) is 5.54 Å². The lowest BCUT2D eigenvalue weighted by Crippen LogP contribution is -2.32. The fourth-order valence-corrected chi connectivity index (χ4v) is 2.93. The number of halogens is 1. The van der Waals surface area contributed by atoms with Crippen LogP contribution >= 0.6 is 22.9 Å². The van der Waals surface area contributed by atoms with Gasteiger partial charge in [0, 0.05) is 10.6 Å². The van der Waals surface area contributed by atoms with E-state index < -0.39 is 0 Å². The van der Waals surface area contributed by atoms with Crippen LogP contribution in [0.4, 0.5) is 5.13 Å². The van der Waals surface area contributed by atoms with Gasteiger partial charge in [-0.1, -0.05) is 36.8 Å². The van der Waals surface area contributed by atoms with Crippen molar-refractivity contribution < 1.29 is 0 Å². The largest absolute Gasteiger partial charge is 0.356 e. The second-order valence-electron chi connectivity index (χ2n) is 4.52. The molecule has 0 saturated carbocycles. The molecule has 92 valence electrons. The molecule has 2 nitrogen and oxygen atoms in total. The molecule has 4 heteroatoms. The molecule has 0 aliphatic carbocycles. The Balaban J connectivity index is 2.31. The van der Waals surface area contributed by atoms with Crippen LogP contribution in [0, 0.1) is 0 Å². The van der Waals surface area contributed by atoms with Gasteiger partial charge in [-0.05, 0) is 38.0 Å². The molecular weight excluding hydrogens is 252 g/mol. The van der Waals surface area contributed by atoms with Gasteiger partial charge < -0.3 is 5.32 Å². The van der Waals surface area contributed by atoms with Gasteiger partial charge in [0.25, 0.3) is 0 Å². The summed E-state index contributed by atoms with van der Waals surface area (Å²) in [4.78, 5) is 4.58. The number of aromatic nitrogens is 1. The zero-order valence-electron chi connectivity index (χ0n) is 10.4. The number of thiazole rings is 1. The van der Waals surface area contributed by atoms with Crippen LogP contribution in [0.5, 0.6) is 0 Å². The van der Waals surface area contributed by atoms with Gasteiger partial charge in [0.05, 0.1) is 10.2 Å². The third-order valence-electron chi connectivity index (χ3n) is 3.32. The normalized spacial score (nSPS) is 12.0. The van der Waals surface area contributed by atoms with E-state index in [4.69, 9.17) is 11.6 Å². The standard InChI is InChI=1S/C13H17ClN2S/c1-4-13(3,5-2)16-12-15-10-7-6-9(14)8-11(10)17-12/h6-8H,4-5H2,1-3H3,(H,15,16). The first-order valence-electron chi connectivity index (χ1n) is 5.90. The molecule has 1 heterocycles. The maximum absolute atomic E-state index is 5.97. The first kappa shape index (κ1) is 12.7. The number of hydrogen-bond donors (Lipinski definition) is 1. The Hall–Kier alpha value is -0.800. The minimum atomic E-state index is 0.123. The van der Waals surface area contributed by atoms with Crippen molar-refractivity contribution in [3.8, 4) is 0 Å². The van der Waals surface area contributed by atoms with Crippen molar-refractivity contribution in [2.24, 2.45) is 0 Å². The molecule has 0 atom stereocenters. The van der Waals surface area contributed by atoms with Gasteiger partial charge in [-0.15, -0.1) is 0 Å². The molecule has 0 radical (unpaired) electrons. The van der Waals surface area contributed by atoms with Gasteiger partial charge in [0.1, 0.15) is 0 Å². The van der Waals surface area contributed by atoms with E-state index in [1.165, 1.54) is 0 Å². The number of nitrogens with zero attached hydrogens (tertiary/aromatic N) is 1. The predicted molar refractivity (Wildman–Crippen MR) is 77.2 cm³/mol. The molecule has 17 heavy (non-hydrogen) atoms. The fourth-order valence-electron chi connectivity index (χ4n) is 1.64. The minimum Gasteiger partial charge on any atom is -0.356 e.